The van der Waals surface area contributed by atoms with Gasteiger partial charge in [0, 0.05) is 85.8 Å². The lowest BCUT2D eigenvalue weighted by Crippen LogP contribution is -2.16. The van der Waals surface area contributed by atoms with Crippen LogP contribution in [-0.2, 0) is 0 Å². The van der Waals surface area contributed by atoms with Crippen molar-refractivity contribution in [2.75, 3.05) is 0 Å². The van der Waals surface area contributed by atoms with Crippen molar-refractivity contribution in [3.63, 3.8) is 0 Å². The molecule has 2 unspecified atom stereocenters. The summed E-state index contributed by atoms with van der Waals surface area (Å²) in [5, 5.41) is 8.45. The second-order valence-electron chi connectivity index (χ2n) is 15.9. The van der Waals surface area contributed by atoms with Crippen molar-refractivity contribution in [1.29, 1.82) is 0 Å². The quantitative estimate of drug-likeness (QED) is 0.161. The molecule has 0 amide bonds. The van der Waals surface area contributed by atoms with E-state index in [1.54, 1.807) is 0 Å². The number of nitrogens with zero attached hydrogens (tertiary/aromatic N) is 11. The third-order valence-corrected chi connectivity index (χ3v) is 19.3. The second-order valence-corrected chi connectivity index (χ2v) is 20.8. The molecule has 0 fully saturated rings. The molecule has 13 heteroatoms. The summed E-state index contributed by atoms with van der Waals surface area (Å²) in [4.78, 5) is 19.0. The van der Waals surface area contributed by atoms with Crippen LogP contribution in [0.1, 0.15) is 5.56 Å². The van der Waals surface area contributed by atoms with Gasteiger partial charge in [-0.15, -0.1) is 0 Å². The first-order valence-corrected chi connectivity index (χ1v) is 24.2. The fourth-order valence-electron chi connectivity index (χ4n) is 10.0. The molecule has 2 atom stereocenters. The van der Waals surface area contributed by atoms with Gasteiger partial charge in [-0.05, 0) is 48.5 Å². The van der Waals surface area contributed by atoms with Crippen LogP contribution in [0.15, 0.2) is 215 Å². The van der Waals surface area contributed by atoms with Gasteiger partial charge in [-0.2, -0.15) is 14.0 Å². The third-order valence-electron chi connectivity index (χ3n) is 12.6. The summed E-state index contributed by atoms with van der Waals surface area (Å²) >= 11 is 0. The topological polar surface area (TPSA) is 108 Å². The standard InChI is InChI=1S/C51H33N11P2/c1-2-12-34(13-3-1)51-56-63(59-45-20-10-6-16-37(45)41-30-52-28-24-47(41)59,61-43-18-8-4-14-35(43)39-22-26-54-32-49(39)61)58-64(57-51,60-46-21-11-7-17-38(46)42-31-53-29-25-48(42)60)62-44-19-9-5-15-36(44)40-23-27-55-33-50(40)62/h1-33H. The normalized spacial score (nSPS) is 17.8. The Morgan fingerprint density at radius 2 is 0.656 bits per heavy atom. The summed E-state index contributed by atoms with van der Waals surface area (Å²) in [5.41, 5.74) is 8.63. The maximum absolute atomic E-state index is 6.72. The molecule has 0 aliphatic carbocycles. The van der Waals surface area contributed by atoms with Crippen molar-refractivity contribution in [3.8, 4) is 0 Å². The van der Waals surface area contributed by atoms with E-state index in [4.69, 9.17) is 34.0 Å². The van der Waals surface area contributed by atoms with Gasteiger partial charge in [-0.3, -0.25) is 37.3 Å². The minimum atomic E-state index is -3.66. The highest BCUT2D eigenvalue weighted by Gasteiger charge is 2.43. The van der Waals surface area contributed by atoms with Crippen LogP contribution in [0.4, 0.5) is 0 Å². The SMILES string of the molecule is c1ccc(C2=NP(n3c4ccccc4c4cnccc43)(n3c4ccccc4c4ccncc43)=NP(n3c4ccccc4c4cnccc43)(n3c4ccccc4c4ccncc43)=N2)cc1. The average Bonchev–Trinajstić information content (AvgIpc) is 4.10. The fourth-order valence-corrected chi connectivity index (χ4v) is 18.2. The molecule has 0 saturated carbocycles. The van der Waals surface area contributed by atoms with E-state index < -0.39 is 15.0 Å². The van der Waals surface area contributed by atoms with Gasteiger partial charge >= 0.3 is 0 Å². The van der Waals surface area contributed by atoms with Gasteiger partial charge in [0.15, 0.2) is 5.84 Å². The van der Waals surface area contributed by atoms with Gasteiger partial charge in [-0.25, -0.2) is 0 Å². The molecular weight excluding hydrogens is 829 g/mol. The van der Waals surface area contributed by atoms with Crippen molar-refractivity contribution < 1.29 is 0 Å². The van der Waals surface area contributed by atoms with E-state index in [9.17, 15) is 0 Å². The molecule has 14 rings (SSSR count). The monoisotopic (exact) mass is 861 g/mol. The number of rotatable bonds is 5. The summed E-state index contributed by atoms with van der Waals surface area (Å²) in [6.45, 7) is 0. The van der Waals surface area contributed by atoms with E-state index in [1.165, 1.54) is 0 Å². The van der Waals surface area contributed by atoms with Gasteiger partial charge in [0.05, 0.1) is 56.5 Å². The fraction of sp³-hybridized carbons (Fsp3) is 0. The van der Waals surface area contributed by atoms with Crippen molar-refractivity contribution >= 4 is 108 Å². The summed E-state index contributed by atoms with van der Waals surface area (Å²) in [5.74, 6) is 0.599. The van der Waals surface area contributed by atoms with Crippen LogP contribution < -0.4 is 0 Å². The molecule has 64 heavy (non-hydrogen) atoms. The highest BCUT2D eigenvalue weighted by molar-refractivity contribution is 7.75. The summed E-state index contributed by atoms with van der Waals surface area (Å²) in [7, 11) is -7.32. The molecular formula is C51H33N11P2. The average molecular weight is 862 g/mol. The van der Waals surface area contributed by atoms with Crippen molar-refractivity contribution in [2.45, 2.75) is 0 Å². The minimum absolute atomic E-state index is 0.599. The molecule has 9 heterocycles. The molecule has 1 aliphatic rings. The summed E-state index contributed by atoms with van der Waals surface area (Å²) < 4.78 is 28.7. The molecule has 0 spiro atoms. The predicted molar refractivity (Wildman–Crippen MR) is 262 cm³/mol. The third kappa shape index (κ3) is 4.69. The number of hydrogen-bond acceptors (Lipinski definition) is 7. The van der Waals surface area contributed by atoms with E-state index in [0.29, 0.717) is 5.84 Å². The number of benzene rings is 5. The van der Waals surface area contributed by atoms with Crippen molar-refractivity contribution in [3.05, 3.63) is 207 Å². The highest BCUT2D eigenvalue weighted by atomic mass is 31.2. The second kappa shape index (κ2) is 13.3. The Hall–Kier alpha value is -7.97. The predicted octanol–water partition coefficient (Wildman–Crippen LogP) is 13.5. The van der Waals surface area contributed by atoms with E-state index >= 15 is 0 Å². The maximum atomic E-state index is 6.72. The van der Waals surface area contributed by atoms with Gasteiger partial charge < -0.3 is 0 Å². The Labute approximate surface area is 364 Å². The van der Waals surface area contributed by atoms with Crippen LogP contribution >= 0.6 is 15.0 Å². The Morgan fingerprint density at radius 1 is 0.297 bits per heavy atom. The minimum Gasteiger partial charge on any atom is -0.272 e. The van der Waals surface area contributed by atoms with Crippen LogP contribution in [0.25, 0.3) is 87.2 Å². The van der Waals surface area contributed by atoms with Gasteiger partial charge in [0.1, 0.15) is 0 Å². The van der Waals surface area contributed by atoms with E-state index in [0.717, 1.165) is 92.8 Å². The van der Waals surface area contributed by atoms with Gasteiger partial charge in [0.2, 0.25) is 0 Å². The molecule has 302 valence electrons. The molecule has 0 N–H and O–H groups in total. The number of amidine groups is 1. The van der Waals surface area contributed by atoms with E-state index in [1.807, 2.05) is 55.6 Å². The van der Waals surface area contributed by atoms with E-state index in [2.05, 4.69) is 163 Å². The number of para-hydroxylation sites is 4. The first-order chi connectivity index (χ1) is 31.7. The lowest BCUT2D eigenvalue weighted by molar-refractivity contribution is 1.15. The molecule has 11 nitrogen and oxygen atoms in total. The number of hydrogen-bond donors (Lipinski definition) is 0. The number of fused-ring (bicyclic) bond motifs is 12. The largest absolute Gasteiger partial charge is 0.281 e. The lowest BCUT2D eigenvalue weighted by Gasteiger charge is -2.36. The molecule has 0 bridgehead atoms. The van der Waals surface area contributed by atoms with Crippen LogP contribution in [-0.4, -0.2) is 43.1 Å². The summed E-state index contributed by atoms with van der Waals surface area (Å²) in [6, 6.07) is 53.2. The van der Waals surface area contributed by atoms with Crippen LogP contribution in [0.5, 0.6) is 0 Å². The Bertz CT molecular complexity index is 3570. The van der Waals surface area contributed by atoms with Crippen LogP contribution in [0, 0.1) is 0 Å². The zero-order chi connectivity index (χ0) is 42.0. The Kier molecular flexibility index (Phi) is 7.38. The Morgan fingerprint density at radius 3 is 1.17 bits per heavy atom. The zero-order valence-corrected chi connectivity index (χ0v) is 35.7. The lowest BCUT2D eigenvalue weighted by atomic mass is 10.2. The maximum Gasteiger partial charge on any atom is 0.281 e. The highest BCUT2D eigenvalue weighted by Crippen LogP contribution is 2.74. The first kappa shape index (κ1) is 35.6. The smallest absolute Gasteiger partial charge is 0.272 e. The molecule has 0 radical (unpaired) electrons. The Balaban J connectivity index is 1.35. The molecule has 13 aromatic rings. The van der Waals surface area contributed by atoms with Crippen molar-refractivity contribution in [2.24, 2.45) is 14.0 Å². The van der Waals surface area contributed by atoms with Crippen LogP contribution in [0.2, 0.25) is 0 Å². The van der Waals surface area contributed by atoms with Gasteiger partial charge in [0.25, 0.3) is 15.0 Å². The summed E-state index contributed by atoms with van der Waals surface area (Å²) in [6.07, 6.45) is 15.4. The van der Waals surface area contributed by atoms with Gasteiger partial charge in [-0.1, -0.05) is 103 Å². The van der Waals surface area contributed by atoms with Crippen LogP contribution in [0.3, 0.4) is 0 Å². The molecule has 0 saturated heterocycles. The van der Waals surface area contributed by atoms with E-state index in [-0.39, 0.29) is 0 Å². The zero-order valence-electron chi connectivity index (χ0n) is 33.9. The van der Waals surface area contributed by atoms with Crippen molar-refractivity contribution in [1.82, 2.24) is 37.3 Å². The molecule has 5 aromatic carbocycles. The first-order valence-electron chi connectivity index (χ1n) is 21.0. The molecule has 1 aliphatic heterocycles. The molecule has 8 aromatic heterocycles. The number of aromatic nitrogens is 8. The number of pyridine rings is 4.